The Morgan fingerprint density at radius 1 is 1.42 bits per heavy atom. The van der Waals surface area contributed by atoms with Gasteiger partial charge in [-0.2, -0.15) is 0 Å². The van der Waals surface area contributed by atoms with Crippen LogP contribution in [0.1, 0.15) is 40.5 Å². The number of nitrogens with one attached hydrogen (secondary N) is 1. The maximum atomic E-state index is 5.87. The Morgan fingerprint density at radius 2 is 2.16 bits per heavy atom. The third kappa shape index (κ3) is 3.91. The molecule has 1 aromatic rings. The van der Waals surface area contributed by atoms with E-state index in [1.165, 1.54) is 0 Å². The van der Waals surface area contributed by atoms with Crippen LogP contribution in [0.25, 0.3) is 0 Å². The van der Waals surface area contributed by atoms with Gasteiger partial charge in [-0.15, -0.1) is 5.10 Å². The first-order chi connectivity index (χ1) is 8.85. The van der Waals surface area contributed by atoms with E-state index in [0.717, 1.165) is 13.1 Å². The van der Waals surface area contributed by atoms with Gasteiger partial charge in [0.1, 0.15) is 0 Å². The largest absolute Gasteiger partial charge is 0.407 e. The highest BCUT2D eigenvalue weighted by Gasteiger charge is 2.33. The zero-order valence-electron chi connectivity index (χ0n) is 12.4. The molecule has 1 aromatic heterocycles. The van der Waals surface area contributed by atoms with Gasteiger partial charge < -0.3 is 19.4 Å². The van der Waals surface area contributed by atoms with Gasteiger partial charge in [0.2, 0.25) is 5.89 Å². The summed E-state index contributed by atoms with van der Waals surface area (Å²) in [6, 6.07) is 0.987. The van der Waals surface area contributed by atoms with Gasteiger partial charge in [-0.25, -0.2) is 0 Å². The van der Waals surface area contributed by atoms with E-state index in [4.69, 9.17) is 9.15 Å². The first kappa shape index (κ1) is 14.3. The molecular formula is C13H24N4O2. The molecule has 2 rings (SSSR count). The Kier molecular flexibility index (Phi) is 4.10. The van der Waals surface area contributed by atoms with Crippen molar-refractivity contribution < 1.29 is 9.15 Å². The van der Waals surface area contributed by atoms with E-state index in [2.05, 4.69) is 55.0 Å². The summed E-state index contributed by atoms with van der Waals surface area (Å²) in [5.41, 5.74) is -0.192. The van der Waals surface area contributed by atoms with Gasteiger partial charge in [0.15, 0.2) is 0 Å². The average molecular weight is 268 g/mol. The topological polar surface area (TPSA) is 63.4 Å². The van der Waals surface area contributed by atoms with E-state index < -0.39 is 0 Å². The molecule has 108 valence electrons. The fourth-order valence-corrected chi connectivity index (χ4v) is 2.33. The third-order valence-corrected chi connectivity index (χ3v) is 2.96. The summed E-state index contributed by atoms with van der Waals surface area (Å²) in [6.07, 6.45) is 0.160. The smallest absolute Gasteiger partial charge is 0.318 e. The molecule has 6 nitrogen and oxygen atoms in total. The fraction of sp³-hybridized carbons (Fsp3) is 0.846. The molecule has 0 spiro atoms. The van der Waals surface area contributed by atoms with E-state index in [1.807, 2.05) is 0 Å². The Hall–Kier alpha value is -1.14. The molecule has 19 heavy (non-hydrogen) atoms. The molecular weight excluding hydrogens is 244 g/mol. The lowest BCUT2D eigenvalue weighted by Gasteiger charge is -2.40. The Morgan fingerprint density at radius 3 is 2.79 bits per heavy atom. The minimum Gasteiger partial charge on any atom is -0.407 e. The van der Waals surface area contributed by atoms with Crippen molar-refractivity contribution in [3.8, 4) is 0 Å². The monoisotopic (exact) mass is 268 g/mol. The van der Waals surface area contributed by atoms with Gasteiger partial charge in [0.25, 0.3) is 0 Å². The van der Waals surface area contributed by atoms with E-state index in [1.54, 1.807) is 0 Å². The maximum absolute atomic E-state index is 5.87. The summed E-state index contributed by atoms with van der Waals surface area (Å²) < 4.78 is 11.6. The van der Waals surface area contributed by atoms with Crippen molar-refractivity contribution >= 4 is 6.01 Å². The second kappa shape index (κ2) is 5.46. The molecule has 1 aliphatic heterocycles. The van der Waals surface area contributed by atoms with Gasteiger partial charge >= 0.3 is 6.01 Å². The van der Waals surface area contributed by atoms with E-state index in [-0.39, 0.29) is 11.7 Å². The average Bonchev–Trinajstić information content (AvgIpc) is 2.72. The lowest BCUT2D eigenvalue weighted by molar-refractivity contribution is -0.0761. The molecule has 0 aliphatic carbocycles. The Bertz CT molecular complexity index is 417. The SMILES string of the molecule is CC(C)NCc1nnc(N2CC(C)OC(C)(C)C2)o1. The van der Waals surface area contributed by atoms with Crippen LogP contribution in [0.2, 0.25) is 0 Å². The van der Waals surface area contributed by atoms with Gasteiger partial charge in [-0.3, -0.25) is 0 Å². The zero-order chi connectivity index (χ0) is 14.0. The lowest BCUT2D eigenvalue weighted by atomic mass is 10.1. The number of ether oxygens (including phenoxy) is 1. The number of hydrogen-bond donors (Lipinski definition) is 1. The standard InChI is InChI=1S/C13H24N4O2/c1-9(2)14-6-11-15-16-12(18-11)17-7-10(3)19-13(4,5)8-17/h9-10,14H,6-8H2,1-5H3. The summed E-state index contributed by atoms with van der Waals surface area (Å²) >= 11 is 0. The van der Waals surface area contributed by atoms with Crippen molar-refractivity contribution in [3.63, 3.8) is 0 Å². The van der Waals surface area contributed by atoms with Crippen LogP contribution in [0.4, 0.5) is 6.01 Å². The van der Waals surface area contributed by atoms with E-state index in [0.29, 0.717) is 24.5 Å². The number of anilines is 1. The van der Waals surface area contributed by atoms with Gasteiger partial charge in [0, 0.05) is 12.6 Å². The van der Waals surface area contributed by atoms with Crippen molar-refractivity contribution in [2.24, 2.45) is 0 Å². The molecule has 1 atom stereocenters. The number of rotatable bonds is 4. The van der Waals surface area contributed by atoms with Crippen molar-refractivity contribution in [3.05, 3.63) is 5.89 Å². The number of nitrogens with zero attached hydrogens (tertiary/aromatic N) is 3. The van der Waals surface area contributed by atoms with Crippen LogP contribution in [-0.4, -0.2) is 41.0 Å². The summed E-state index contributed by atoms with van der Waals surface area (Å²) in [5, 5.41) is 11.5. The predicted octanol–water partition coefficient (Wildman–Crippen LogP) is 1.57. The molecule has 0 bridgehead atoms. The first-order valence-electron chi connectivity index (χ1n) is 6.84. The summed E-state index contributed by atoms with van der Waals surface area (Å²) in [6.45, 7) is 12.5. The van der Waals surface area contributed by atoms with Crippen LogP contribution in [0, 0.1) is 0 Å². The second-order valence-electron chi connectivity index (χ2n) is 6.08. The normalized spacial score (nSPS) is 23.1. The molecule has 1 N–H and O–H groups in total. The molecule has 1 unspecified atom stereocenters. The molecule has 0 radical (unpaired) electrons. The molecule has 0 aromatic carbocycles. The van der Waals surface area contributed by atoms with Crippen molar-refractivity contribution in [2.75, 3.05) is 18.0 Å². The number of morpholine rings is 1. The summed E-state index contributed by atoms with van der Waals surface area (Å²) in [5.74, 6) is 0.626. The molecule has 1 fully saturated rings. The lowest BCUT2D eigenvalue weighted by Crippen LogP contribution is -2.52. The van der Waals surface area contributed by atoms with Crippen LogP contribution in [0.15, 0.2) is 4.42 Å². The van der Waals surface area contributed by atoms with E-state index >= 15 is 0 Å². The highest BCUT2D eigenvalue weighted by atomic mass is 16.5. The number of aromatic nitrogens is 2. The Labute approximate surface area is 114 Å². The highest BCUT2D eigenvalue weighted by molar-refractivity contribution is 5.26. The predicted molar refractivity (Wildman–Crippen MR) is 73.1 cm³/mol. The molecule has 1 aliphatic rings. The minimum atomic E-state index is -0.192. The van der Waals surface area contributed by atoms with Crippen molar-refractivity contribution in [1.82, 2.24) is 15.5 Å². The summed E-state index contributed by atoms with van der Waals surface area (Å²) in [7, 11) is 0. The van der Waals surface area contributed by atoms with Crippen LogP contribution in [0.5, 0.6) is 0 Å². The fourth-order valence-electron chi connectivity index (χ4n) is 2.33. The molecule has 6 heteroatoms. The van der Waals surface area contributed by atoms with E-state index in [9.17, 15) is 0 Å². The highest BCUT2D eigenvalue weighted by Crippen LogP contribution is 2.24. The molecule has 2 heterocycles. The van der Waals surface area contributed by atoms with Gasteiger partial charge in [-0.05, 0) is 20.8 Å². The molecule has 0 amide bonds. The summed E-state index contributed by atoms with van der Waals surface area (Å²) in [4.78, 5) is 2.10. The van der Waals surface area contributed by atoms with Crippen LogP contribution < -0.4 is 10.2 Å². The third-order valence-electron chi connectivity index (χ3n) is 2.96. The van der Waals surface area contributed by atoms with Crippen LogP contribution >= 0.6 is 0 Å². The van der Waals surface area contributed by atoms with Gasteiger partial charge in [-0.1, -0.05) is 18.9 Å². The molecule has 0 saturated carbocycles. The second-order valence-corrected chi connectivity index (χ2v) is 6.08. The molecule has 1 saturated heterocycles. The van der Waals surface area contributed by atoms with Gasteiger partial charge in [0.05, 0.1) is 24.8 Å². The quantitative estimate of drug-likeness (QED) is 0.894. The van der Waals surface area contributed by atoms with Crippen molar-refractivity contribution in [1.29, 1.82) is 0 Å². The van der Waals surface area contributed by atoms with Crippen LogP contribution in [0.3, 0.4) is 0 Å². The van der Waals surface area contributed by atoms with Crippen molar-refractivity contribution in [2.45, 2.75) is 58.9 Å². The first-order valence-corrected chi connectivity index (χ1v) is 6.84. The zero-order valence-corrected chi connectivity index (χ0v) is 12.4. The number of hydrogen-bond acceptors (Lipinski definition) is 6. The minimum absolute atomic E-state index is 0.160. The Balaban J connectivity index is 2.01. The van der Waals surface area contributed by atoms with Crippen LogP contribution in [-0.2, 0) is 11.3 Å². The maximum Gasteiger partial charge on any atom is 0.318 e.